The molecule has 18 heavy (non-hydrogen) atoms. The molecule has 0 aliphatic carbocycles. The number of carbonyl (C=O) groups excluding carboxylic acids is 2. The fraction of sp³-hybridized carbons (Fsp3) is 0.0833. The van der Waals surface area contributed by atoms with Gasteiger partial charge in [0.05, 0.1) is 17.7 Å². The highest BCUT2D eigenvalue weighted by atomic mass is 16.2. The lowest BCUT2D eigenvalue weighted by atomic mass is 10.1. The van der Waals surface area contributed by atoms with Gasteiger partial charge in [-0.2, -0.15) is 0 Å². The molecule has 1 aliphatic heterocycles. The van der Waals surface area contributed by atoms with E-state index in [1.165, 1.54) is 0 Å². The Morgan fingerprint density at radius 2 is 2.00 bits per heavy atom. The second-order valence-electron chi connectivity index (χ2n) is 3.93. The number of imidazole rings is 1. The summed E-state index contributed by atoms with van der Waals surface area (Å²) in [5, 5.41) is 5.38. The number of rotatable bonds is 3. The van der Waals surface area contributed by atoms with Crippen LogP contribution in [0.3, 0.4) is 0 Å². The summed E-state index contributed by atoms with van der Waals surface area (Å²) in [6.45, 7) is 0.529. The second-order valence-corrected chi connectivity index (χ2v) is 3.93. The average molecular weight is 242 g/mol. The van der Waals surface area contributed by atoms with Gasteiger partial charge < -0.3 is 10.3 Å². The average Bonchev–Trinajstić information content (AvgIpc) is 2.97. The Balaban J connectivity index is 1.81. The van der Waals surface area contributed by atoms with E-state index in [9.17, 15) is 9.59 Å². The van der Waals surface area contributed by atoms with Gasteiger partial charge in [0, 0.05) is 18.1 Å². The first-order valence-corrected chi connectivity index (χ1v) is 5.46. The van der Waals surface area contributed by atoms with Gasteiger partial charge in [-0.3, -0.25) is 14.9 Å². The van der Waals surface area contributed by atoms with Crippen LogP contribution in [0.15, 0.2) is 30.6 Å². The Morgan fingerprint density at radius 3 is 2.78 bits per heavy atom. The summed E-state index contributed by atoms with van der Waals surface area (Å²) in [6.07, 6.45) is 3.41. The van der Waals surface area contributed by atoms with Crippen LogP contribution in [0.2, 0.25) is 0 Å². The maximum atomic E-state index is 11.5. The molecular weight excluding hydrogens is 232 g/mol. The molecule has 0 saturated heterocycles. The molecule has 2 heterocycles. The van der Waals surface area contributed by atoms with Gasteiger partial charge in [0.1, 0.15) is 5.82 Å². The molecule has 90 valence electrons. The van der Waals surface area contributed by atoms with E-state index in [1.54, 1.807) is 30.6 Å². The minimum absolute atomic E-state index is 0.340. The van der Waals surface area contributed by atoms with Crippen molar-refractivity contribution in [1.29, 1.82) is 0 Å². The van der Waals surface area contributed by atoms with Crippen LogP contribution in [-0.4, -0.2) is 21.8 Å². The molecule has 3 rings (SSSR count). The van der Waals surface area contributed by atoms with E-state index in [0.717, 1.165) is 11.5 Å². The van der Waals surface area contributed by atoms with Crippen molar-refractivity contribution in [3.05, 3.63) is 47.5 Å². The van der Waals surface area contributed by atoms with Crippen LogP contribution < -0.4 is 10.6 Å². The zero-order valence-electron chi connectivity index (χ0n) is 9.36. The van der Waals surface area contributed by atoms with Crippen molar-refractivity contribution in [3.63, 3.8) is 0 Å². The first-order valence-electron chi connectivity index (χ1n) is 5.46. The zero-order chi connectivity index (χ0) is 12.5. The number of aromatic amines is 1. The molecule has 1 aromatic heterocycles. The summed E-state index contributed by atoms with van der Waals surface area (Å²) in [7, 11) is 0. The number of H-pyrrole nitrogens is 1. The van der Waals surface area contributed by atoms with E-state index >= 15 is 0 Å². The Labute approximate surface area is 102 Å². The molecule has 0 spiro atoms. The van der Waals surface area contributed by atoms with E-state index < -0.39 is 0 Å². The van der Waals surface area contributed by atoms with Crippen LogP contribution in [0.4, 0.5) is 5.69 Å². The molecule has 0 saturated carbocycles. The Hall–Kier alpha value is -2.63. The van der Waals surface area contributed by atoms with Crippen LogP contribution in [0.25, 0.3) is 0 Å². The van der Waals surface area contributed by atoms with Crippen LogP contribution in [0.1, 0.15) is 26.5 Å². The molecule has 6 heteroatoms. The Bertz CT molecular complexity index is 619. The summed E-state index contributed by atoms with van der Waals surface area (Å²) in [4.78, 5) is 29.9. The van der Waals surface area contributed by atoms with Gasteiger partial charge in [0.2, 0.25) is 0 Å². The number of carbonyl (C=O) groups is 2. The number of aromatic nitrogens is 2. The standard InChI is InChI=1S/C12H10N4O2/c17-11-8-2-1-7(5-9(8)12(18)16-11)15-6-10-13-3-4-14-10/h1-5,15H,6H2,(H,13,14)(H,16,17,18). The highest BCUT2D eigenvalue weighted by Gasteiger charge is 2.26. The lowest BCUT2D eigenvalue weighted by Gasteiger charge is -2.05. The lowest BCUT2D eigenvalue weighted by molar-refractivity contribution is 0.0879. The molecule has 6 nitrogen and oxygen atoms in total. The SMILES string of the molecule is O=C1NC(=O)c2cc(NCc3ncc[nH]3)ccc21. The van der Waals surface area contributed by atoms with Crippen molar-refractivity contribution in [2.75, 3.05) is 5.32 Å². The maximum absolute atomic E-state index is 11.5. The van der Waals surface area contributed by atoms with Gasteiger partial charge in [-0.25, -0.2) is 4.98 Å². The van der Waals surface area contributed by atoms with E-state index in [0.29, 0.717) is 17.7 Å². The molecular formula is C12H10N4O2. The molecule has 0 unspecified atom stereocenters. The first-order chi connectivity index (χ1) is 8.74. The second kappa shape index (κ2) is 3.99. The largest absolute Gasteiger partial charge is 0.378 e. The van der Waals surface area contributed by atoms with E-state index in [1.807, 2.05) is 0 Å². The quantitative estimate of drug-likeness (QED) is 0.698. The smallest absolute Gasteiger partial charge is 0.259 e. The van der Waals surface area contributed by atoms with Crippen LogP contribution in [0, 0.1) is 0 Å². The number of fused-ring (bicyclic) bond motifs is 1. The van der Waals surface area contributed by atoms with Gasteiger partial charge in [-0.05, 0) is 18.2 Å². The van der Waals surface area contributed by atoms with Gasteiger partial charge in [-0.1, -0.05) is 0 Å². The third-order valence-electron chi connectivity index (χ3n) is 2.75. The van der Waals surface area contributed by atoms with E-state index in [-0.39, 0.29) is 11.8 Å². The minimum Gasteiger partial charge on any atom is -0.378 e. The van der Waals surface area contributed by atoms with Gasteiger partial charge in [0.15, 0.2) is 0 Å². The normalized spacial score (nSPS) is 13.3. The van der Waals surface area contributed by atoms with Crippen molar-refractivity contribution < 1.29 is 9.59 Å². The van der Waals surface area contributed by atoms with E-state index in [4.69, 9.17) is 0 Å². The molecule has 2 aromatic rings. The van der Waals surface area contributed by atoms with Crippen LogP contribution >= 0.6 is 0 Å². The number of imide groups is 1. The number of benzene rings is 1. The summed E-state index contributed by atoms with van der Waals surface area (Å²) in [5.74, 6) is 0.111. The maximum Gasteiger partial charge on any atom is 0.259 e. The molecule has 1 aromatic carbocycles. The summed E-state index contributed by atoms with van der Waals surface area (Å²) in [5.41, 5.74) is 1.60. The molecule has 0 bridgehead atoms. The number of hydrogen-bond acceptors (Lipinski definition) is 4. The van der Waals surface area contributed by atoms with Gasteiger partial charge in [-0.15, -0.1) is 0 Å². The topological polar surface area (TPSA) is 86.9 Å². The highest BCUT2D eigenvalue weighted by Crippen LogP contribution is 2.20. The van der Waals surface area contributed by atoms with E-state index in [2.05, 4.69) is 20.6 Å². The predicted molar refractivity (Wildman–Crippen MR) is 64.2 cm³/mol. The number of nitrogens with one attached hydrogen (secondary N) is 3. The fourth-order valence-electron chi connectivity index (χ4n) is 1.86. The van der Waals surface area contributed by atoms with Gasteiger partial charge in [0.25, 0.3) is 11.8 Å². The van der Waals surface area contributed by atoms with Crippen molar-refractivity contribution in [2.45, 2.75) is 6.54 Å². The molecule has 2 amide bonds. The fourth-order valence-corrected chi connectivity index (χ4v) is 1.86. The summed E-state index contributed by atoms with van der Waals surface area (Å²) in [6, 6.07) is 5.07. The third kappa shape index (κ3) is 1.73. The number of hydrogen-bond donors (Lipinski definition) is 3. The van der Waals surface area contributed by atoms with Crippen molar-refractivity contribution in [3.8, 4) is 0 Å². The number of anilines is 1. The molecule has 0 atom stereocenters. The summed E-state index contributed by atoms with van der Waals surface area (Å²) < 4.78 is 0. The minimum atomic E-state index is -0.350. The molecule has 3 N–H and O–H groups in total. The zero-order valence-corrected chi connectivity index (χ0v) is 9.36. The molecule has 1 aliphatic rings. The summed E-state index contributed by atoms with van der Waals surface area (Å²) >= 11 is 0. The third-order valence-corrected chi connectivity index (χ3v) is 2.75. The first kappa shape index (κ1) is 10.5. The molecule has 0 radical (unpaired) electrons. The lowest BCUT2D eigenvalue weighted by Crippen LogP contribution is -2.19. The van der Waals surface area contributed by atoms with Crippen LogP contribution in [-0.2, 0) is 6.54 Å². The van der Waals surface area contributed by atoms with Crippen molar-refractivity contribution in [1.82, 2.24) is 15.3 Å². The Morgan fingerprint density at radius 1 is 1.17 bits per heavy atom. The predicted octanol–water partition coefficient (Wildman–Crippen LogP) is 0.905. The number of amides is 2. The van der Waals surface area contributed by atoms with Crippen molar-refractivity contribution >= 4 is 17.5 Å². The Kier molecular flexibility index (Phi) is 2.33. The van der Waals surface area contributed by atoms with Crippen molar-refractivity contribution in [2.24, 2.45) is 0 Å². The van der Waals surface area contributed by atoms with Crippen LogP contribution in [0.5, 0.6) is 0 Å². The van der Waals surface area contributed by atoms with Gasteiger partial charge >= 0.3 is 0 Å². The highest BCUT2D eigenvalue weighted by molar-refractivity contribution is 6.21. The number of nitrogens with zero attached hydrogens (tertiary/aromatic N) is 1. The monoisotopic (exact) mass is 242 g/mol. The molecule has 0 fully saturated rings.